The number of hydrogen-bond donors (Lipinski definition) is 2. The van der Waals surface area contributed by atoms with E-state index in [1.54, 1.807) is 18.2 Å². The summed E-state index contributed by atoms with van der Waals surface area (Å²) in [5, 5.41) is 5.87. The summed E-state index contributed by atoms with van der Waals surface area (Å²) in [6.45, 7) is 5.98. The molecule has 0 bridgehead atoms. The zero-order chi connectivity index (χ0) is 13.5. The zero-order valence-electron chi connectivity index (χ0n) is 11.2. The summed E-state index contributed by atoms with van der Waals surface area (Å²) in [6, 6.07) is 6.63. The molecule has 100 valence electrons. The van der Waals surface area contributed by atoms with Crippen molar-refractivity contribution in [2.24, 2.45) is 0 Å². The van der Waals surface area contributed by atoms with E-state index in [1.807, 2.05) is 20.8 Å². The first kappa shape index (κ1) is 14.6. The highest BCUT2D eigenvalue weighted by molar-refractivity contribution is 5.78. The second kappa shape index (κ2) is 7.11. The SMILES string of the molecule is CCC(NCC(=O)NC(C)C)c1ccccc1F. The average molecular weight is 252 g/mol. The molecular formula is C14H21FN2O. The molecule has 0 saturated carbocycles. The lowest BCUT2D eigenvalue weighted by Gasteiger charge is -2.18. The molecule has 1 aromatic carbocycles. The van der Waals surface area contributed by atoms with Crippen molar-refractivity contribution in [3.63, 3.8) is 0 Å². The van der Waals surface area contributed by atoms with Gasteiger partial charge in [0.25, 0.3) is 0 Å². The first-order chi connectivity index (χ1) is 8.54. The minimum absolute atomic E-state index is 0.0696. The topological polar surface area (TPSA) is 41.1 Å². The zero-order valence-corrected chi connectivity index (χ0v) is 11.2. The molecule has 1 atom stereocenters. The predicted molar refractivity (Wildman–Crippen MR) is 70.7 cm³/mol. The van der Waals surface area contributed by atoms with Gasteiger partial charge in [-0.3, -0.25) is 4.79 Å². The van der Waals surface area contributed by atoms with Gasteiger partial charge >= 0.3 is 0 Å². The number of halogens is 1. The van der Waals surface area contributed by atoms with Gasteiger partial charge in [0.05, 0.1) is 6.54 Å². The van der Waals surface area contributed by atoms with Gasteiger partial charge < -0.3 is 10.6 Å². The number of benzene rings is 1. The standard InChI is InChI=1S/C14H21FN2O/c1-4-13(11-7-5-6-8-12(11)15)16-9-14(18)17-10(2)3/h5-8,10,13,16H,4,9H2,1-3H3,(H,17,18). The van der Waals surface area contributed by atoms with Crippen LogP contribution >= 0.6 is 0 Å². The van der Waals surface area contributed by atoms with Crippen molar-refractivity contribution in [1.29, 1.82) is 0 Å². The van der Waals surface area contributed by atoms with Gasteiger partial charge in [-0.15, -0.1) is 0 Å². The lowest BCUT2D eigenvalue weighted by molar-refractivity contribution is -0.120. The fourth-order valence-electron chi connectivity index (χ4n) is 1.82. The Labute approximate surface area is 108 Å². The maximum atomic E-state index is 13.6. The van der Waals surface area contributed by atoms with Crippen LogP contribution in [0.4, 0.5) is 4.39 Å². The summed E-state index contributed by atoms with van der Waals surface area (Å²) >= 11 is 0. The van der Waals surface area contributed by atoms with Gasteiger partial charge in [-0.1, -0.05) is 25.1 Å². The summed E-state index contributed by atoms with van der Waals surface area (Å²) < 4.78 is 13.6. The van der Waals surface area contributed by atoms with E-state index < -0.39 is 0 Å². The van der Waals surface area contributed by atoms with Crippen LogP contribution in [0.3, 0.4) is 0 Å². The van der Waals surface area contributed by atoms with E-state index in [2.05, 4.69) is 10.6 Å². The Morgan fingerprint density at radius 2 is 2.00 bits per heavy atom. The number of amides is 1. The molecule has 0 saturated heterocycles. The number of carbonyl (C=O) groups excluding carboxylic acids is 1. The van der Waals surface area contributed by atoms with E-state index >= 15 is 0 Å². The van der Waals surface area contributed by atoms with E-state index in [4.69, 9.17) is 0 Å². The molecule has 18 heavy (non-hydrogen) atoms. The number of hydrogen-bond acceptors (Lipinski definition) is 2. The summed E-state index contributed by atoms with van der Waals surface area (Å²) in [5.41, 5.74) is 0.609. The highest BCUT2D eigenvalue weighted by atomic mass is 19.1. The lowest BCUT2D eigenvalue weighted by Crippen LogP contribution is -2.39. The Kier molecular flexibility index (Phi) is 5.78. The molecule has 2 N–H and O–H groups in total. The van der Waals surface area contributed by atoms with Gasteiger partial charge in [0.15, 0.2) is 0 Å². The number of carbonyl (C=O) groups is 1. The van der Waals surface area contributed by atoms with Crippen LogP contribution in [0.5, 0.6) is 0 Å². The normalized spacial score (nSPS) is 12.5. The Bertz CT molecular complexity index is 393. The first-order valence-corrected chi connectivity index (χ1v) is 6.31. The van der Waals surface area contributed by atoms with Crippen LogP contribution in [0.1, 0.15) is 38.8 Å². The Hall–Kier alpha value is -1.42. The Morgan fingerprint density at radius 1 is 1.33 bits per heavy atom. The van der Waals surface area contributed by atoms with E-state index in [9.17, 15) is 9.18 Å². The van der Waals surface area contributed by atoms with Gasteiger partial charge in [-0.2, -0.15) is 0 Å². The quantitative estimate of drug-likeness (QED) is 0.816. The largest absolute Gasteiger partial charge is 0.353 e. The molecule has 0 fully saturated rings. The molecule has 0 heterocycles. The minimum Gasteiger partial charge on any atom is -0.353 e. The molecule has 3 nitrogen and oxygen atoms in total. The van der Waals surface area contributed by atoms with Crippen LogP contribution in [0.25, 0.3) is 0 Å². The van der Waals surface area contributed by atoms with Gasteiger partial charge in [0.1, 0.15) is 5.82 Å². The molecule has 4 heteroatoms. The van der Waals surface area contributed by atoms with Crippen LogP contribution in [-0.2, 0) is 4.79 Å². The molecule has 1 rings (SSSR count). The first-order valence-electron chi connectivity index (χ1n) is 6.31. The molecule has 0 radical (unpaired) electrons. The summed E-state index contributed by atoms with van der Waals surface area (Å²) in [7, 11) is 0. The fraction of sp³-hybridized carbons (Fsp3) is 0.500. The molecule has 0 aromatic heterocycles. The second-order valence-electron chi connectivity index (χ2n) is 4.59. The molecular weight excluding hydrogens is 231 g/mol. The van der Waals surface area contributed by atoms with Crippen molar-refractivity contribution in [2.75, 3.05) is 6.54 Å². The van der Waals surface area contributed by atoms with Gasteiger partial charge in [-0.05, 0) is 26.3 Å². The fourth-order valence-corrected chi connectivity index (χ4v) is 1.82. The van der Waals surface area contributed by atoms with Gasteiger partial charge in [-0.25, -0.2) is 4.39 Å². The molecule has 0 aliphatic rings. The minimum atomic E-state index is -0.235. The molecule has 1 unspecified atom stereocenters. The van der Waals surface area contributed by atoms with Crippen LogP contribution < -0.4 is 10.6 Å². The third kappa shape index (κ3) is 4.45. The number of rotatable bonds is 6. The van der Waals surface area contributed by atoms with Crippen LogP contribution in [0.2, 0.25) is 0 Å². The highest BCUT2D eigenvalue weighted by Gasteiger charge is 2.14. The van der Waals surface area contributed by atoms with Crippen LogP contribution in [0, 0.1) is 5.82 Å². The maximum Gasteiger partial charge on any atom is 0.234 e. The smallest absolute Gasteiger partial charge is 0.234 e. The second-order valence-corrected chi connectivity index (χ2v) is 4.59. The lowest BCUT2D eigenvalue weighted by atomic mass is 10.0. The monoisotopic (exact) mass is 252 g/mol. The van der Waals surface area contributed by atoms with Crippen molar-refractivity contribution in [3.8, 4) is 0 Å². The molecule has 1 amide bonds. The Balaban J connectivity index is 2.58. The van der Waals surface area contributed by atoms with Crippen molar-refractivity contribution >= 4 is 5.91 Å². The van der Waals surface area contributed by atoms with E-state index in [1.165, 1.54) is 6.07 Å². The van der Waals surface area contributed by atoms with Crippen molar-refractivity contribution in [1.82, 2.24) is 10.6 Å². The van der Waals surface area contributed by atoms with E-state index in [-0.39, 0.29) is 30.4 Å². The van der Waals surface area contributed by atoms with E-state index in [0.717, 1.165) is 6.42 Å². The van der Waals surface area contributed by atoms with Crippen molar-refractivity contribution < 1.29 is 9.18 Å². The third-order valence-electron chi connectivity index (χ3n) is 2.65. The average Bonchev–Trinajstić information content (AvgIpc) is 2.31. The number of nitrogens with one attached hydrogen (secondary N) is 2. The van der Waals surface area contributed by atoms with Gasteiger partial charge in [0.2, 0.25) is 5.91 Å². The molecule has 0 aliphatic heterocycles. The highest BCUT2D eigenvalue weighted by Crippen LogP contribution is 2.19. The van der Waals surface area contributed by atoms with Crippen molar-refractivity contribution in [2.45, 2.75) is 39.3 Å². The van der Waals surface area contributed by atoms with Gasteiger partial charge in [0, 0.05) is 17.6 Å². The summed E-state index contributed by atoms with van der Waals surface area (Å²) in [6.07, 6.45) is 0.732. The van der Waals surface area contributed by atoms with Crippen LogP contribution in [-0.4, -0.2) is 18.5 Å². The summed E-state index contributed by atoms with van der Waals surface area (Å²) in [5.74, 6) is -0.305. The van der Waals surface area contributed by atoms with E-state index in [0.29, 0.717) is 5.56 Å². The third-order valence-corrected chi connectivity index (χ3v) is 2.65. The van der Waals surface area contributed by atoms with Crippen molar-refractivity contribution in [3.05, 3.63) is 35.6 Å². The molecule has 0 spiro atoms. The van der Waals surface area contributed by atoms with Crippen LogP contribution in [0.15, 0.2) is 24.3 Å². The maximum absolute atomic E-state index is 13.6. The summed E-state index contributed by atoms with van der Waals surface area (Å²) in [4.78, 5) is 11.5. The Morgan fingerprint density at radius 3 is 2.56 bits per heavy atom. The molecule has 0 aliphatic carbocycles. The predicted octanol–water partition coefficient (Wildman–Crippen LogP) is 2.39. The molecule has 1 aromatic rings.